The van der Waals surface area contributed by atoms with Gasteiger partial charge in [0.15, 0.2) is 0 Å². The van der Waals surface area contributed by atoms with Gasteiger partial charge in [-0.25, -0.2) is 4.39 Å². The van der Waals surface area contributed by atoms with Crippen LogP contribution in [-0.2, 0) is 0 Å². The smallest absolute Gasteiger partial charge is 0.102 e. The monoisotopic (exact) mass is 129 g/mol. The fourth-order valence-corrected chi connectivity index (χ4v) is 0.411. The van der Waals surface area contributed by atoms with E-state index in [1.54, 1.807) is 0 Å². The number of hydrogen-bond acceptors (Lipinski definition) is 1. The van der Waals surface area contributed by atoms with Crippen LogP contribution in [0.2, 0.25) is 0 Å². The largest absolute Gasteiger partial charge is 0.299 e. The van der Waals surface area contributed by atoms with E-state index in [-0.39, 0.29) is 12.2 Å². The van der Waals surface area contributed by atoms with E-state index < -0.39 is 0 Å². The molecule has 0 rings (SSSR count). The maximum atomic E-state index is 11.5. The summed E-state index contributed by atoms with van der Waals surface area (Å²) in [5.41, 5.74) is -0.369. The Morgan fingerprint density at radius 2 is 2.22 bits per heavy atom. The third kappa shape index (κ3) is 3.99. The summed E-state index contributed by atoms with van der Waals surface area (Å²) in [4.78, 5) is 0. The van der Waals surface area contributed by atoms with Crippen LogP contribution >= 0.6 is 0 Å². The molecule has 0 unspecified atom stereocenters. The Bertz CT molecular complexity index is 113. The highest BCUT2D eigenvalue weighted by Gasteiger charge is 2.10. The number of terminal acetylenes is 1. The number of alkyl halides is 1. The molecule has 0 saturated heterocycles. The molecule has 0 aliphatic heterocycles. The summed E-state index contributed by atoms with van der Waals surface area (Å²) in [6.07, 6.45) is 5.11. The number of nitrogens with one attached hydrogen (secondary N) is 1. The van der Waals surface area contributed by atoms with Gasteiger partial charge in [-0.3, -0.25) is 5.32 Å². The van der Waals surface area contributed by atoms with Crippen molar-refractivity contribution in [1.82, 2.24) is 5.32 Å². The molecule has 0 aromatic rings. The molecule has 0 bridgehead atoms. The molecule has 0 spiro atoms. The molecule has 52 valence electrons. The molecule has 1 N–H and O–H groups in total. The van der Waals surface area contributed by atoms with E-state index >= 15 is 0 Å². The third-order valence-corrected chi connectivity index (χ3v) is 1.02. The second-order valence-corrected chi connectivity index (χ2v) is 2.39. The Balaban J connectivity index is 3.49. The zero-order valence-corrected chi connectivity index (χ0v) is 5.87. The number of hydrogen-bond donors (Lipinski definition) is 1. The molecule has 2 heteroatoms. The van der Waals surface area contributed by atoms with E-state index in [0.29, 0.717) is 6.54 Å². The minimum absolute atomic E-state index is 0.331. The van der Waals surface area contributed by atoms with Crippen LogP contribution in [0.1, 0.15) is 13.8 Å². The van der Waals surface area contributed by atoms with Crippen LogP contribution in [0.5, 0.6) is 0 Å². The lowest BCUT2D eigenvalue weighted by Crippen LogP contribution is -2.38. The van der Waals surface area contributed by atoms with Crippen molar-refractivity contribution in [3.8, 4) is 12.3 Å². The molecule has 0 amide bonds. The van der Waals surface area contributed by atoms with Gasteiger partial charge < -0.3 is 0 Å². The predicted molar refractivity (Wildman–Crippen MR) is 36.9 cm³/mol. The van der Waals surface area contributed by atoms with Crippen molar-refractivity contribution in [3.63, 3.8) is 0 Å². The standard InChI is InChI=1S/C7H12FN/c1-4-7(2,3)9-6-5-8/h1,9H,5-6H2,2-3H3. The van der Waals surface area contributed by atoms with E-state index in [1.807, 2.05) is 13.8 Å². The van der Waals surface area contributed by atoms with Crippen molar-refractivity contribution in [1.29, 1.82) is 0 Å². The molecule has 0 aliphatic carbocycles. The highest BCUT2D eigenvalue weighted by atomic mass is 19.1. The lowest BCUT2D eigenvalue weighted by Gasteiger charge is -2.17. The van der Waals surface area contributed by atoms with Gasteiger partial charge in [0, 0.05) is 6.54 Å². The molecular formula is C7H12FN. The summed E-state index contributed by atoms with van der Waals surface area (Å²) in [6.45, 7) is 3.63. The molecule has 0 aliphatic rings. The van der Waals surface area contributed by atoms with Gasteiger partial charge in [-0.15, -0.1) is 6.42 Å². The lowest BCUT2D eigenvalue weighted by molar-refractivity contribution is 0.415. The van der Waals surface area contributed by atoms with Crippen LogP contribution in [0.25, 0.3) is 0 Å². The predicted octanol–water partition coefficient (Wildman–Crippen LogP) is 0.957. The lowest BCUT2D eigenvalue weighted by atomic mass is 10.1. The Labute approximate surface area is 55.6 Å². The second kappa shape index (κ2) is 3.47. The van der Waals surface area contributed by atoms with E-state index in [1.165, 1.54) is 0 Å². The maximum Gasteiger partial charge on any atom is 0.102 e. The highest BCUT2D eigenvalue weighted by molar-refractivity contribution is 5.07. The van der Waals surface area contributed by atoms with Crippen LogP contribution < -0.4 is 5.32 Å². The first-order chi connectivity index (χ1) is 4.12. The van der Waals surface area contributed by atoms with Crippen molar-refractivity contribution in [3.05, 3.63) is 0 Å². The zero-order chi connectivity index (χ0) is 7.33. The molecule has 0 aromatic heterocycles. The molecule has 1 nitrogen and oxygen atoms in total. The third-order valence-electron chi connectivity index (χ3n) is 1.02. The Morgan fingerprint density at radius 1 is 1.67 bits per heavy atom. The van der Waals surface area contributed by atoms with Crippen molar-refractivity contribution in [2.75, 3.05) is 13.2 Å². The Kier molecular flexibility index (Phi) is 3.26. The summed E-state index contributed by atoms with van der Waals surface area (Å²) in [5, 5.41) is 2.85. The molecule has 0 aromatic carbocycles. The molecular weight excluding hydrogens is 117 g/mol. The fourth-order valence-electron chi connectivity index (χ4n) is 0.411. The van der Waals surface area contributed by atoms with Crippen molar-refractivity contribution < 1.29 is 4.39 Å². The number of halogens is 1. The van der Waals surface area contributed by atoms with Crippen molar-refractivity contribution >= 4 is 0 Å². The van der Waals surface area contributed by atoms with Gasteiger partial charge in [0.25, 0.3) is 0 Å². The van der Waals surface area contributed by atoms with Gasteiger partial charge in [-0.05, 0) is 13.8 Å². The van der Waals surface area contributed by atoms with Gasteiger partial charge in [0.1, 0.15) is 6.67 Å². The fraction of sp³-hybridized carbons (Fsp3) is 0.714. The van der Waals surface area contributed by atoms with Gasteiger partial charge >= 0.3 is 0 Å². The Morgan fingerprint density at radius 3 is 2.56 bits per heavy atom. The van der Waals surface area contributed by atoms with Gasteiger partial charge in [0.2, 0.25) is 0 Å². The Hall–Kier alpha value is -0.550. The van der Waals surface area contributed by atoms with Crippen LogP contribution in [0.15, 0.2) is 0 Å². The molecule has 0 fully saturated rings. The van der Waals surface area contributed by atoms with Crippen molar-refractivity contribution in [2.45, 2.75) is 19.4 Å². The molecule has 0 atom stereocenters. The highest BCUT2D eigenvalue weighted by Crippen LogP contribution is 1.96. The van der Waals surface area contributed by atoms with Crippen LogP contribution in [-0.4, -0.2) is 18.8 Å². The average molecular weight is 129 g/mol. The van der Waals surface area contributed by atoms with E-state index in [9.17, 15) is 4.39 Å². The van der Waals surface area contributed by atoms with Crippen LogP contribution in [0.4, 0.5) is 4.39 Å². The molecule has 0 radical (unpaired) electrons. The minimum atomic E-state index is -0.370. The van der Waals surface area contributed by atoms with E-state index in [2.05, 4.69) is 11.2 Å². The topological polar surface area (TPSA) is 12.0 Å². The normalized spacial score (nSPS) is 10.9. The minimum Gasteiger partial charge on any atom is -0.299 e. The first-order valence-electron chi connectivity index (χ1n) is 2.91. The summed E-state index contributed by atoms with van der Waals surface area (Å²) in [5.74, 6) is 2.50. The zero-order valence-electron chi connectivity index (χ0n) is 5.87. The molecule has 0 saturated carbocycles. The average Bonchev–Trinajstić information content (AvgIpc) is 1.84. The van der Waals surface area contributed by atoms with Crippen molar-refractivity contribution in [2.24, 2.45) is 0 Å². The first-order valence-corrected chi connectivity index (χ1v) is 2.91. The maximum absolute atomic E-state index is 11.5. The molecule has 9 heavy (non-hydrogen) atoms. The number of rotatable bonds is 3. The second-order valence-electron chi connectivity index (χ2n) is 2.39. The van der Waals surface area contributed by atoms with Crippen LogP contribution in [0.3, 0.4) is 0 Å². The summed E-state index contributed by atoms with van der Waals surface area (Å²) in [7, 11) is 0. The van der Waals surface area contributed by atoms with E-state index in [4.69, 9.17) is 6.42 Å². The summed E-state index contributed by atoms with van der Waals surface area (Å²) < 4.78 is 11.5. The summed E-state index contributed by atoms with van der Waals surface area (Å²) >= 11 is 0. The first kappa shape index (κ1) is 8.45. The quantitative estimate of drug-likeness (QED) is 0.559. The summed E-state index contributed by atoms with van der Waals surface area (Å²) in [6, 6.07) is 0. The van der Waals surface area contributed by atoms with E-state index in [0.717, 1.165) is 0 Å². The SMILES string of the molecule is C#CC(C)(C)NCCF. The molecule has 0 heterocycles. The van der Waals surface area contributed by atoms with Gasteiger partial charge in [-0.1, -0.05) is 5.92 Å². The van der Waals surface area contributed by atoms with Gasteiger partial charge in [-0.2, -0.15) is 0 Å². The van der Waals surface area contributed by atoms with Gasteiger partial charge in [0.05, 0.1) is 5.54 Å². The van der Waals surface area contributed by atoms with Crippen LogP contribution in [0, 0.1) is 12.3 Å².